The summed E-state index contributed by atoms with van der Waals surface area (Å²) in [5, 5.41) is 0. The van der Waals surface area contributed by atoms with Gasteiger partial charge in [0.25, 0.3) is 5.91 Å². The number of benzene rings is 1. The fourth-order valence-electron chi connectivity index (χ4n) is 1.38. The Bertz CT molecular complexity index is 335. The fraction of sp³-hybridized carbons (Fsp3) is 0.417. The van der Waals surface area contributed by atoms with Gasteiger partial charge in [-0.05, 0) is 37.2 Å². The topological polar surface area (TPSA) is 55.6 Å². The molecule has 0 saturated heterocycles. The van der Waals surface area contributed by atoms with E-state index < -0.39 is 0 Å². The van der Waals surface area contributed by atoms with Gasteiger partial charge in [0.2, 0.25) is 0 Å². The van der Waals surface area contributed by atoms with Gasteiger partial charge in [-0.25, -0.2) is 0 Å². The van der Waals surface area contributed by atoms with Crippen molar-refractivity contribution in [2.45, 2.75) is 6.42 Å². The molecule has 1 aromatic carbocycles. The predicted molar refractivity (Wildman–Crippen MR) is 63.6 cm³/mol. The van der Waals surface area contributed by atoms with E-state index in [-0.39, 0.29) is 5.91 Å². The normalized spacial score (nSPS) is 9.94. The average molecular weight is 222 g/mol. The van der Waals surface area contributed by atoms with Gasteiger partial charge in [-0.2, -0.15) is 0 Å². The molecule has 0 aliphatic carbocycles. The Labute approximate surface area is 96.0 Å². The van der Waals surface area contributed by atoms with Crippen molar-refractivity contribution in [1.82, 2.24) is 4.90 Å². The molecule has 0 aromatic heterocycles. The molecule has 0 spiro atoms. The van der Waals surface area contributed by atoms with Crippen LogP contribution in [-0.4, -0.2) is 38.1 Å². The molecule has 1 amide bonds. The molecule has 1 aromatic rings. The van der Waals surface area contributed by atoms with E-state index in [1.165, 1.54) is 0 Å². The number of methoxy groups -OCH3 is 1. The summed E-state index contributed by atoms with van der Waals surface area (Å²) in [5.74, 6) is 0.761. The molecular weight excluding hydrogens is 204 g/mol. The van der Waals surface area contributed by atoms with Crippen LogP contribution in [0.25, 0.3) is 0 Å². The van der Waals surface area contributed by atoms with E-state index in [1.54, 1.807) is 43.3 Å². The molecule has 0 heterocycles. The largest absolute Gasteiger partial charge is 0.497 e. The van der Waals surface area contributed by atoms with Gasteiger partial charge >= 0.3 is 0 Å². The highest BCUT2D eigenvalue weighted by atomic mass is 16.5. The number of amides is 1. The minimum Gasteiger partial charge on any atom is -0.497 e. The first-order valence-corrected chi connectivity index (χ1v) is 5.28. The van der Waals surface area contributed by atoms with Crippen LogP contribution in [0.15, 0.2) is 24.3 Å². The lowest BCUT2D eigenvalue weighted by atomic mass is 10.2. The van der Waals surface area contributed by atoms with Crippen LogP contribution in [0.2, 0.25) is 0 Å². The van der Waals surface area contributed by atoms with Gasteiger partial charge in [0, 0.05) is 19.2 Å². The smallest absolute Gasteiger partial charge is 0.253 e. The molecule has 2 N–H and O–H groups in total. The van der Waals surface area contributed by atoms with E-state index in [9.17, 15) is 4.79 Å². The molecule has 0 bridgehead atoms. The quantitative estimate of drug-likeness (QED) is 0.812. The number of carbonyl (C=O) groups excluding carboxylic acids is 1. The van der Waals surface area contributed by atoms with Gasteiger partial charge in [0.1, 0.15) is 5.75 Å². The summed E-state index contributed by atoms with van der Waals surface area (Å²) in [7, 11) is 3.38. The highest BCUT2D eigenvalue weighted by molar-refractivity contribution is 5.94. The molecule has 0 aliphatic rings. The second-order valence-electron chi connectivity index (χ2n) is 3.60. The van der Waals surface area contributed by atoms with Crippen molar-refractivity contribution < 1.29 is 9.53 Å². The lowest BCUT2D eigenvalue weighted by molar-refractivity contribution is 0.0794. The molecule has 4 heteroatoms. The Morgan fingerprint density at radius 2 is 2.00 bits per heavy atom. The number of ether oxygens (including phenoxy) is 1. The van der Waals surface area contributed by atoms with Crippen molar-refractivity contribution in [1.29, 1.82) is 0 Å². The minimum absolute atomic E-state index is 0.0103. The second kappa shape index (κ2) is 6.12. The summed E-state index contributed by atoms with van der Waals surface area (Å²) in [4.78, 5) is 13.6. The van der Waals surface area contributed by atoms with Crippen molar-refractivity contribution in [2.24, 2.45) is 5.73 Å². The van der Waals surface area contributed by atoms with Crippen molar-refractivity contribution in [3.8, 4) is 5.75 Å². The number of nitrogens with zero attached hydrogens (tertiary/aromatic N) is 1. The standard InChI is InChI=1S/C12H18N2O2/c1-14(9-3-8-13)12(15)10-4-6-11(16-2)7-5-10/h4-7H,3,8-9,13H2,1-2H3. The fourth-order valence-corrected chi connectivity index (χ4v) is 1.38. The van der Waals surface area contributed by atoms with E-state index in [0.717, 1.165) is 12.2 Å². The van der Waals surface area contributed by atoms with Crippen molar-refractivity contribution in [3.05, 3.63) is 29.8 Å². The van der Waals surface area contributed by atoms with Crippen molar-refractivity contribution >= 4 is 5.91 Å². The molecule has 16 heavy (non-hydrogen) atoms. The summed E-state index contributed by atoms with van der Waals surface area (Å²) in [5.41, 5.74) is 6.07. The Hall–Kier alpha value is -1.55. The maximum Gasteiger partial charge on any atom is 0.253 e. The van der Waals surface area contributed by atoms with Gasteiger partial charge in [0.05, 0.1) is 7.11 Å². The molecule has 0 unspecified atom stereocenters. The van der Waals surface area contributed by atoms with E-state index in [4.69, 9.17) is 10.5 Å². The molecule has 0 atom stereocenters. The Balaban J connectivity index is 2.64. The van der Waals surface area contributed by atoms with Gasteiger partial charge in [-0.3, -0.25) is 4.79 Å². The van der Waals surface area contributed by atoms with E-state index in [2.05, 4.69) is 0 Å². The number of hydrogen-bond acceptors (Lipinski definition) is 3. The molecule has 0 radical (unpaired) electrons. The van der Waals surface area contributed by atoms with Crippen LogP contribution >= 0.6 is 0 Å². The lowest BCUT2D eigenvalue weighted by Gasteiger charge is -2.16. The monoisotopic (exact) mass is 222 g/mol. The summed E-state index contributed by atoms with van der Waals surface area (Å²) in [6, 6.07) is 7.09. The van der Waals surface area contributed by atoms with E-state index in [1.807, 2.05) is 0 Å². The SMILES string of the molecule is COc1ccc(C(=O)N(C)CCCN)cc1. The van der Waals surface area contributed by atoms with Crippen LogP contribution in [0.1, 0.15) is 16.8 Å². The number of nitrogens with two attached hydrogens (primary N) is 1. The molecule has 0 aliphatic heterocycles. The zero-order valence-corrected chi connectivity index (χ0v) is 9.77. The first-order chi connectivity index (χ1) is 7.69. The lowest BCUT2D eigenvalue weighted by Crippen LogP contribution is -2.28. The Morgan fingerprint density at radius 3 is 2.50 bits per heavy atom. The first-order valence-electron chi connectivity index (χ1n) is 5.28. The van der Waals surface area contributed by atoms with Gasteiger partial charge in [-0.1, -0.05) is 0 Å². The maximum absolute atomic E-state index is 11.9. The van der Waals surface area contributed by atoms with Crippen molar-refractivity contribution in [3.63, 3.8) is 0 Å². The summed E-state index contributed by atoms with van der Waals surface area (Å²) < 4.78 is 5.03. The van der Waals surface area contributed by atoms with E-state index >= 15 is 0 Å². The first kappa shape index (κ1) is 12.5. The molecule has 0 saturated carbocycles. The molecule has 4 nitrogen and oxygen atoms in total. The van der Waals surface area contributed by atoms with Gasteiger partial charge in [-0.15, -0.1) is 0 Å². The van der Waals surface area contributed by atoms with Crippen molar-refractivity contribution in [2.75, 3.05) is 27.2 Å². The Morgan fingerprint density at radius 1 is 1.38 bits per heavy atom. The zero-order chi connectivity index (χ0) is 12.0. The molecule has 88 valence electrons. The number of carbonyl (C=O) groups is 1. The summed E-state index contributed by atoms with van der Waals surface area (Å²) >= 11 is 0. The highest BCUT2D eigenvalue weighted by Crippen LogP contribution is 2.12. The van der Waals surface area contributed by atoms with Crippen LogP contribution in [0, 0.1) is 0 Å². The predicted octanol–water partition coefficient (Wildman–Crippen LogP) is 1.12. The number of rotatable bonds is 5. The molecule has 1 rings (SSSR count). The van der Waals surface area contributed by atoms with Crippen LogP contribution in [0.4, 0.5) is 0 Å². The summed E-state index contributed by atoms with van der Waals surface area (Å²) in [6.45, 7) is 1.28. The molecular formula is C12H18N2O2. The van der Waals surface area contributed by atoms with Crippen LogP contribution < -0.4 is 10.5 Å². The average Bonchev–Trinajstić information content (AvgIpc) is 2.35. The van der Waals surface area contributed by atoms with E-state index in [0.29, 0.717) is 18.7 Å². The maximum atomic E-state index is 11.9. The van der Waals surface area contributed by atoms with Gasteiger partial charge < -0.3 is 15.4 Å². The molecule has 0 fully saturated rings. The summed E-state index contributed by atoms with van der Waals surface area (Å²) in [6.07, 6.45) is 0.818. The minimum atomic E-state index is 0.0103. The zero-order valence-electron chi connectivity index (χ0n) is 9.77. The van der Waals surface area contributed by atoms with Gasteiger partial charge in [0.15, 0.2) is 0 Å². The second-order valence-corrected chi connectivity index (χ2v) is 3.60. The van der Waals surface area contributed by atoms with Crippen LogP contribution in [0.5, 0.6) is 5.75 Å². The van der Waals surface area contributed by atoms with Crippen LogP contribution in [0.3, 0.4) is 0 Å². The van der Waals surface area contributed by atoms with Crippen LogP contribution in [-0.2, 0) is 0 Å². The highest BCUT2D eigenvalue weighted by Gasteiger charge is 2.10. The Kier molecular flexibility index (Phi) is 4.79. The third-order valence-electron chi connectivity index (χ3n) is 2.38. The third-order valence-corrected chi connectivity index (χ3v) is 2.38. The third kappa shape index (κ3) is 3.24. The number of hydrogen-bond donors (Lipinski definition) is 1.